The first-order chi connectivity index (χ1) is 21.5. The van der Waals surface area contributed by atoms with Crippen LogP contribution in [0.5, 0.6) is 11.5 Å². The van der Waals surface area contributed by atoms with Crippen LogP contribution in [0.4, 0.5) is 17.1 Å². The molecule has 0 spiro atoms. The number of hydrogen-bond acceptors (Lipinski definition) is 3. The monoisotopic (exact) mass is 567 g/mol. The summed E-state index contributed by atoms with van der Waals surface area (Å²) in [5, 5.41) is 2.46. The van der Waals surface area contributed by atoms with Crippen LogP contribution in [-0.2, 0) is 5.41 Å². The summed E-state index contributed by atoms with van der Waals surface area (Å²) in [4.78, 5) is 7.60. The minimum atomic E-state index is -0.0372. The van der Waals surface area contributed by atoms with Crippen LogP contribution in [-0.4, -0.2) is 16.3 Å². The van der Waals surface area contributed by atoms with Crippen LogP contribution >= 0.6 is 0 Å². The molecule has 2 aliphatic heterocycles. The number of para-hydroxylation sites is 3. The molecule has 0 unspecified atom stereocenters. The predicted octanol–water partition coefficient (Wildman–Crippen LogP) is 8.70. The SMILES string of the molecule is CC(C)(C)c1cnc2c(c1)c1cccc3c1n2B1c2ccc(Oc4ccccc4)cc2N(c2ccccc2)c2cccc-3c21. The van der Waals surface area contributed by atoms with Gasteiger partial charge in [0, 0.05) is 51.2 Å². The van der Waals surface area contributed by atoms with Gasteiger partial charge >= 0.3 is 6.85 Å². The predicted molar refractivity (Wildman–Crippen MR) is 183 cm³/mol. The number of benzene rings is 5. The van der Waals surface area contributed by atoms with Gasteiger partial charge in [0.2, 0.25) is 0 Å². The first kappa shape index (κ1) is 25.2. The number of aromatic nitrogens is 2. The topological polar surface area (TPSA) is 30.3 Å². The third kappa shape index (κ3) is 3.56. The number of nitrogens with zero attached hydrogens (tertiary/aromatic N) is 3. The molecule has 210 valence electrons. The quantitative estimate of drug-likeness (QED) is 0.200. The summed E-state index contributed by atoms with van der Waals surface area (Å²) < 4.78 is 8.89. The maximum Gasteiger partial charge on any atom is 0.334 e. The molecule has 0 atom stereocenters. The third-order valence-electron chi connectivity index (χ3n) is 9.20. The summed E-state index contributed by atoms with van der Waals surface area (Å²) in [6.45, 7) is 6.73. The van der Waals surface area contributed by atoms with Crippen molar-refractivity contribution in [2.24, 2.45) is 0 Å². The zero-order valence-electron chi connectivity index (χ0n) is 25.0. The Bertz CT molecular complexity index is 2250. The number of fused-ring (bicyclic) bond motifs is 7. The van der Waals surface area contributed by atoms with E-state index in [1.807, 2.05) is 30.3 Å². The van der Waals surface area contributed by atoms with Crippen LogP contribution in [0.2, 0.25) is 0 Å². The van der Waals surface area contributed by atoms with Crippen molar-refractivity contribution in [1.29, 1.82) is 0 Å². The van der Waals surface area contributed by atoms with E-state index in [1.54, 1.807) is 0 Å². The molecular formula is C39H30BN3O. The highest BCUT2D eigenvalue weighted by Gasteiger charge is 2.43. The smallest absolute Gasteiger partial charge is 0.334 e. The Morgan fingerprint density at radius 2 is 1.41 bits per heavy atom. The second-order valence-corrected chi connectivity index (χ2v) is 12.9. The van der Waals surface area contributed by atoms with E-state index >= 15 is 0 Å². The summed E-state index contributed by atoms with van der Waals surface area (Å²) in [6.07, 6.45) is 2.07. The second kappa shape index (κ2) is 9.11. The van der Waals surface area contributed by atoms with Crippen molar-refractivity contribution in [3.05, 3.63) is 133 Å². The highest BCUT2D eigenvalue weighted by atomic mass is 16.5. The molecule has 4 nitrogen and oxygen atoms in total. The summed E-state index contributed by atoms with van der Waals surface area (Å²) >= 11 is 0. The average molecular weight is 568 g/mol. The van der Waals surface area contributed by atoms with Gasteiger partial charge in [-0.05, 0) is 69.9 Å². The summed E-state index contributed by atoms with van der Waals surface area (Å²) in [6, 6.07) is 43.0. The minimum Gasteiger partial charge on any atom is -0.457 e. The van der Waals surface area contributed by atoms with Crippen LogP contribution in [0.3, 0.4) is 0 Å². The maximum atomic E-state index is 6.39. The van der Waals surface area contributed by atoms with Crippen molar-refractivity contribution in [2.75, 3.05) is 4.90 Å². The fourth-order valence-electron chi connectivity index (χ4n) is 7.17. The molecule has 0 radical (unpaired) electrons. The van der Waals surface area contributed by atoms with Crippen molar-refractivity contribution in [3.63, 3.8) is 0 Å². The standard InChI is InChI=1S/C39H30BN3O/c1-39(2,3)25-22-32-31-18-10-17-30-29-16-11-19-34-36(29)40(43(37(30)31)38(32)41-24-25)33-21-20-28(44-27-14-8-5-9-15-27)23-35(33)42(34)26-12-6-4-7-13-26/h4-24H,1-3H3. The molecule has 4 heterocycles. The molecule has 0 aliphatic carbocycles. The Labute approximate surface area is 257 Å². The van der Waals surface area contributed by atoms with Gasteiger partial charge in [-0.1, -0.05) is 93.6 Å². The number of ether oxygens (including phenoxy) is 1. The molecule has 2 aliphatic rings. The molecule has 44 heavy (non-hydrogen) atoms. The van der Waals surface area contributed by atoms with E-state index in [0.29, 0.717) is 0 Å². The van der Waals surface area contributed by atoms with Gasteiger partial charge in [0.25, 0.3) is 0 Å². The number of anilines is 3. The molecule has 5 aromatic carbocycles. The lowest BCUT2D eigenvalue weighted by Crippen LogP contribution is -2.56. The number of hydrogen-bond donors (Lipinski definition) is 0. The highest BCUT2D eigenvalue weighted by molar-refractivity contribution is 6.90. The fraction of sp³-hybridized carbons (Fsp3) is 0.103. The molecule has 0 saturated carbocycles. The number of pyridine rings is 1. The zero-order valence-corrected chi connectivity index (χ0v) is 25.0. The molecule has 5 heteroatoms. The Morgan fingerprint density at radius 1 is 0.659 bits per heavy atom. The van der Waals surface area contributed by atoms with Crippen LogP contribution in [0.1, 0.15) is 26.3 Å². The van der Waals surface area contributed by atoms with Crippen molar-refractivity contribution in [2.45, 2.75) is 26.2 Å². The molecule has 9 rings (SSSR count). The molecule has 0 saturated heterocycles. The van der Waals surface area contributed by atoms with Gasteiger partial charge in [0.05, 0.1) is 0 Å². The molecule has 0 N–H and O–H groups in total. The molecule has 0 bridgehead atoms. The summed E-state index contributed by atoms with van der Waals surface area (Å²) in [5.74, 6) is 1.63. The van der Waals surface area contributed by atoms with Crippen molar-refractivity contribution < 1.29 is 4.74 Å². The van der Waals surface area contributed by atoms with E-state index in [2.05, 4.69) is 127 Å². The molecule has 0 fully saturated rings. The van der Waals surface area contributed by atoms with Crippen LogP contribution in [0.25, 0.3) is 33.1 Å². The van der Waals surface area contributed by atoms with Gasteiger partial charge < -0.3 is 14.1 Å². The van der Waals surface area contributed by atoms with Gasteiger partial charge in [0.1, 0.15) is 17.1 Å². The summed E-state index contributed by atoms with van der Waals surface area (Å²) in [5.41, 5.74) is 12.0. The van der Waals surface area contributed by atoms with Gasteiger partial charge in [-0.25, -0.2) is 4.98 Å². The van der Waals surface area contributed by atoms with E-state index in [0.717, 1.165) is 28.5 Å². The Balaban J connectivity index is 1.36. The van der Waals surface area contributed by atoms with Crippen molar-refractivity contribution >= 4 is 56.8 Å². The van der Waals surface area contributed by atoms with E-state index in [9.17, 15) is 0 Å². The lowest BCUT2D eigenvalue weighted by molar-refractivity contribution is 0.483. The largest absolute Gasteiger partial charge is 0.457 e. The Morgan fingerprint density at radius 3 is 2.20 bits per heavy atom. The van der Waals surface area contributed by atoms with Gasteiger partial charge in [-0.2, -0.15) is 0 Å². The van der Waals surface area contributed by atoms with Crippen LogP contribution in [0.15, 0.2) is 128 Å². The maximum absolute atomic E-state index is 6.39. The van der Waals surface area contributed by atoms with Gasteiger partial charge in [-0.15, -0.1) is 0 Å². The van der Waals surface area contributed by atoms with E-state index in [1.165, 1.54) is 49.6 Å². The lowest BCUT2D eigenvalue weighted by atomic mass is 9.45. The zero-order chi connectivity index (χ0) is 29.6. The average Bonchev–Trinajstić information content (AvgIpc) is 3.38. The first-order valence-corrected chi connectivity index (χ1v) is 15.3. The molecule has 0 amide bonds. The van der Waals surface area contributed by atoms with Gasteiger partial charge in [0.15, 0.2) is 0 Å². The van der Waals surface area contributed by atoms with Crippen molar-refractivity contribution in [1.82, 2.24) is 9.46 Å². The van der Waals surface area contributed by atoms with E-state index in [4.69, 9.17) is 9.72 Å². The first-order valence-electron chi connectivity index (χ1n) is 15.3. The third-order valence-corrected chi connectivity index (χ3v) is 9.20. The normalized spacial score (nSPS) is 13.2. The van der Waals surface area contributed by atoms with E-state index in [-0.39, 0.29) is 12.3 Å². The second-order valence-electron chi connectivity index (χ2n) is 12.9. The lowest BCUT2D eigenvalue weighted by Gasteiger charge is -2.40. The fourth-order valence-corrected chi connectivity index (χ4v) is 7.17. The number of rotatable bonds is 3. The minimum absolute atomic E-state index is 0.00626. The summed E-state index contributed by atoms with van der Waals surface area (Å²) in [7, 11) is 0. The molecule has 7 aromatic rings. The van der Waals surface area contributed by atoms with E-state index < -0.39 is 0 Å². The Kier molecular flexibility index (Phi) is 5.22. The molecule has 2 aromatic heterocycles. The highest BCUT2D eigenvalue weighted by Crippen LogP contribution is 2.45. The van der Waals surface area contributed by atoms with Gasteiger partial charge in [-0.3, -0.25) is 0 Å². The Hall–Kier alpha value is -5.29. The van der Waals surface area contributed by atoms with Crippen molar-refractivity contribution in [3.8, 4) is 22.6 Å². The van der Waals surface area contributed by atoms with Crippen LogP contribution in [0, 0.1) is 0 Å². The van der Waals surface area contributed by atoms with Crippen LogP contribution < -0.4 is 20.6 Å². The molecular weight excluding hydrogens is 537 g/mol.